The smallest absolute Gasteiger partial charge is 0.404 e. The molecular formula is C12H10BrF3N2O. The molecule has 1 aliphatic rings. The maximum atomic E-state index is 13.4. The highest BCUT2D eigenvalue weighted by Crippen LogP contribution is 2.46. The molecule has 1 fully saturated rings. The van der Waals surface area contributed by atoms with E-state index in [2.05, 4.69) is 26.2 Å². The van der Waals surface area contributed by atoms with Gasteiger partial charge in [0.25, 0.3) is 0 Å². The highest BCUT2D eigenvalue weighted by atomic mass is 79.9. The van der Waals surface area contributed by atoms with Gasteiger partial charge in [0.1, 0.15) is 5.52 Å². The standard InChI is InChI=1S/C12H10BrF3N2O/c13-7-2-1-3-8-9(7)19-10(18-8)11(12(14,15)16)4-5-17-6-11/h1-3,17H,4-6H2. The molecule has 0 amide bonds. The average molecular weight is 335 g/mol. The lowest BCUT2D eigenvalue weighted by Gasteiger charge is -2.27. The van der Waals surface area contributed by atoms with Gasteiger partial charge in [-0.1, -0.05) is 6.07 Å². The summed E-state index contributed by atoms with van der Waals surface area (Å²) in [6, 6.07) is 5.07. The highest BCUT2D eigenvalue weighted by molar-refractivity contribution is 9.10. The summed E-state index contributed by atoms with van der Waals surface area (Å²) in [6.07, 6.45) is -4.44. The summed E-state index contributed by atoms with van der Waals surface area (Å²) in [6.45, 7) is 0.111. The van der Waals surface area contributed by atoms with Crippen LogP contribution in [0.5, 0.6) is 0 Å². The number of hydrogen-bond donors (Lipinski definition) is 1. The van der Waals surface area contributed by atoms with Crippen LogP contribution in [0.1, 0.15) is 12.3 Å². The number of para-hydroxylation sites is 1. The van der Waals surface area contributed by atoms with E-state index >= 15 is 0 Å². The summed E-state index contributed by atoms with van der Waals surface area (Å²) in [5.41, 5.74) is -1.24. The van der Waals surface area contributed by atoms with Crippen LogP contribution in [-0.2, 0) is 5.41 Å². The van der Waals surface area contributed by atoms with Crippen molar-refractivity contribution in [3.63, 3.8) is 0 Å². The van der Waals surface area contributed by atoms with Crippen LogP contribution in [-0.4, -0.2) is 24.2 Å². The minimum absolute atomic E-state index is 0.0546. The van der Waals surface area contributed by atoms with E-state index in [4.69, 9.17) is 4.42 Å². The molecule has 2 aromatic rings. The van der Waals surface area contributed by atoms with Gasteiger partial charge in [0.2, 0.25) is 5.89 Å². The van der Waals surface area contributed by atoms with Crippen LogP contribution in [0.15, 0.2) is 27.1 Å². The van der Waals surface area contributed by atoms with Crippen LogP contribution in [0.2, 0.25) is 0 Å². The highest BCUT2D eigenvalue weighted by Gasteiger charge is 2.60. The van der Waals surface area contributed by atoms with Gasteiger partial charge in [0.05, 0.1) is 4.47 Å². The summed E-state index contributed by atoms with van der Waals surface area (Å²) in [7, 11) is 0. The minimum atomic E-state index is -4.39. The van der Waals surface area contributed by atoms with Gasteiger partial charge in [-0.3, -0.25) is 0 Å². The summed E-state index contributed by atoms with van der Waals surface area (Å²) in [5, 5.41) is 2.75. The summed E-state index contributed by atoms with van der Waals surface area (Å²) in [5.74, 6) is -0.257. The first-order valence-electron chi connectivity index (χ1n) is 5.77. The van der Waals surface area contributed by atoms with E-state index < -0.39 is 11.6 Å². The summed E-state index contributed by atoms with van der Waals surface area (Å²) < 4.78 is 46.1. The van der Waals surface area contributed by atoms with Gasteiger partial charge in [-0.25, -0.2) is 4.98 Å². The van der Waals surface area contributed by atoms with E-state index in [1.54, 1.807) is 18.2 Å². The Morgan fingerprint density at radius 3 is 2.74 bits per heavy atom. The lowest BCUT2D eigenvalue weighted by Crippen LogP contribution is -2.44. The van der Waals surface area contributed by atoms with E-state index in [-0.39, 0.29) is 18.9 Å². The second-order valence-electron chi connectivity index (χ2n) is 4.61. The molecule has 0 radical (unpaired) electrons. The number of hydrogen-bond acceptors (Lipinski definition) is 3. The predicted octanol–water partition coefficient (Wildman–Crippen LogP) is 3.38. The van der Waals surface area contributed by atoms with Gasteiger partial charge in [-0.2, -0.15) is 13.2 Å². The van der Waals surface area contributed by atoms with Gasteiger partial charge >= 0.3 is 6.18 Å². The van der Waals surface area contributed by atoms with E-state index in [0.29, 0.717) is 22.1 Å². The zero-order valence-corrected chi connectivity index (χ0v) is 11.3. The number of fused-ring (bicyclic) bond motifs is 1. The molecule has 1 aromatic carbocycles. The van der Waals surface area contributed by atoms with Crippen LogP contribution >= 0.6 is 15.9 Å². The molecule has 3 nitrogen and oxygen atoms in total. The van der Waals surface area contributed by atoms with Crippen LogP contribution in [0, 0.1) is 0 Å². The third kappa shape index (κ3) is 1.87. The summed E-state index contributed by atoms with van der Waals surface area (Å²) >= 11 is 3.26. The molecule has 7 heteroatoms. The first-order valence-corrected chi connectivity index (χ1v) is 6.56. The Balaban J connectivity index is 2.19. The molecule has 1 saturated heterocycles. The van der Waals surface area contributed by atoms with Crippen molar-refractivity contribution in [1.29, 1.82) is 0 Å². The number of rotatable bonds is 1. The first-order chi connectivity index (χ1) is 8.94. The average Bonchev–Trinajstić information content (AvgIpc) is 2.95. The fraction of sp³-hybridized carbons (Fsp3) is 0.417. The van der Waals surface area contributed by atoms with Crippen molar-refractivity contribution in [2.24, 2.45) is 0 Å². The summed E-state index contributed by atoms with van der Waals surface area (Å²) in [4.78, 5) is 4.04. The van der Waals surface area contributed by atoms with Crippen molar-refractivity contribution in [3.8, 4) is 0 Å². The second-order valence-corrected chi connectivity index (χ2v) is 5.47. The van der Waals surface area contributed by atoms with Crippen LogP contribution < -0.4 is 5.32 Å². The minimum Gasteiger partial charge on any atom is -0.438 e. The number of nitrogens with one attached hydrogen (secondary N) is 1. The topological polar surface area (TPSA) is 38.1 Å². The first kappa shape index (κ1) is 12.9. The van der Waals surface area contributed by atoms with Crippen molar-refractivity contribution in [3.05, 3.63) is 28.6 Å². The lowest BCUT2D eigenvalue weighted by atomic mass is 9.86. The Hall–Kier alpha value is -1.08. The number of aromatic nitrogens is 1. The quantitative estimate of drug-likeness (QED) is 0.868. The lowest BCUT2D eigenvalue weighted by molar-refractivity contribution is -0.190. The maximum absolute atomic E-state index is 13.4. The van der Waals surface area contributed by atoms with E-state index in [1.165, 1.54) is 0 Å². The molecule has 1 N–H and O–H groups in total. The monoisotopic (exact) mass is 334 g/mol. The fourth-order valence-corrected chi connectivity index (χ4v) is 2.79. The molecule has 1 unspecified atom stereocenters. The molecule has 2 heterocycles. The fourth-order valence-electron chi connectivity index (χ4n) is 2.36. The number of benzene rings is 1. The Morgan fingerprint density at radius 1 is 1.37 bits per heavy atom. The van der Waals surface area contributed by atoms with Crippen molar-refractivity contribution in [1.82, 2.24) is 10.3 Å². The molecule has 0 aliphatic carbocycles. The van der Waals surface area contributed by atoms with Crippen molar-refractivity contribution in [2.45, 2.75) is 18.0 Å². The van der Waals surface area contributed by atoms with Gasteiger partial charge in [0.15, 0.2) is 11.0 Å². The molecule has 102 valence electrons. The van der Waals surface area contributed by atoms with Crippen LogP contribution in [0.4, 0.5) is 13.2 Å². The molecule has 19 heavy (non-hydrogen) atoms. The zero-order valence-electron chi connectivity index (χ0n) is 9.72. The largest absolute Gasteiger partial charge is 0.438 e. The van der Waals surface area contributed by atoms with Crippen LogP contribution in [0.3, 0.4) is 0 Å². The number of nitrogens with zero attached hydrogens (tertiary/aromatic N) is 1. The number of alkyl halides is 3. The molecular weight excluding hydrogens is 325 g/mol. The van der Waals surface area contributed by atoms with E-state index in [9.17, 15) is 13.2 Å². The van der Waals surface area contributed by atoms with Gasteiger partial charge < -0.3 is 9.73 Å². The maximum Gasteiger partial charge on any atom is 0.404 e. The molecule has 1 aliphatic heterocycles. The van der Waals surface area contributed by atoms with E-state index in [1.807, 2.05) is 0 Å². The van der Waals surface area contributed by atoms with E-state index in [0.717, 1.165) is 0 Å². The van der Waals surface area contributed by atoms with Gasteiger partial charge in [0, 0.05) is 6.54 Å². The molecule has 0 spiro atoms. The Kier molecular flexibility index (Phi) is 2.86. The van der Waals surface area contributed by atoms with Gasteiger partial charge in [-0.05, 0) is 41.0 Å². The van der Waals surface area contributed by atoms with Crippen molar-refractivity contribution < 1.29 is 17.6 Å². The third-order valence-corrected chi connectivity index (χ3v) is 4.10. The molecule has 0 bridgehead atoms. The number of oxazole rings is 1. The predicted molar refractivity (Wildman–Crippen MR) is 66.9 cm³/mol. The molecule has 0 saturated carbocycles. The van der Waals surface area contributed by atoms with Crippen molar-refractivity contribution >= 4 is 27.0 Å². The Morgan fingerprint density at radius 2 is 2.16 bits per heavy atom. The van der Waals surface area contributed by atoms with Crippen LogP contribution in [0.25, 0.3) is 11.1 Å². The Bertz CT molecular complexity index is 617. The third-order valence-electron chi connectivity index (χ3n) is 3.47. The van der Waals surface area contributed by atoms with Crippen molar-refractivity contribution in [2.75, 3.05) is 13.1 Å². The second kappa shape index (κ2) is 4.21. The zero-order chi connectivity index (χ0) is 13.7. The molecule has 1 aromatic heterocycles. The molecule has 1 atom stereocenters. The number of halogens is 4. The Labute approximate surface area is 115 Å². The SMILES string of the molecule is FC(F)(F)C1(c2nc3cccc(Br)c3o2)CCNC1. The van der Waals surface area contributed by atoms with Gasteiger partial charge in [-0.15, -0.1) is 0 Å². The molecule has 3 rings (SSSR count). The normalized spacial score (nSPS) is 24.2.